The Hall–Kier alpha value is -3.03. The number of H-pyrrole nitrogens is 1. The normalized spacial score (nSPS) is 11.6. The van der Waals surface area contributed by atoms with E-state index in [-0.39, 0.29) is 5.56 Å². The number of rotatable bonds is 3. The number of fused-ring (bicyclic) bond motifs is 2. The molecule has 8 heteroatoms. The van der Waals surface area contributed by atoms with Gasteiger partial charge in [0.1, 0.15) is 0 Å². The molecule has 0 saturated carbocycles. The molecule has 4 heterocycles. The van der Waals surface area contributed by atoms with Crippen LogP contribution in [0.4, 0.5) is 0 Å². The van der Waals surface area contributed by atoms with E-state index in [1.54, 1.807) is 10.6 Å². The standard InChI is InChI=1S/C16H17N7O/c1-9-6-11(3)22-16(17-9)19-13(21-22)5-4-12-8-15(24)23-14(18-12)7-10(2)20-23/h6-8,20H,4-5H2,1-3H3. The second-order valence-corrected chi connectivity index (χ2v) is 6.00. The van der Waals surface area contributed by atoms with E-state index in [4.69, 9.17) is 0 Å². The van der Waals surface area contributed by atoms with Crippen LogP contribution in [0.1, 0.15) is 28.6 Å². The summed E-state index contributed by atoms with van der Waals surface area (Å²) in [5.41, 5.74) is 4.07. The summed E-state index contributed by atoms with van der Waals surface area (Å²) in [4.78, 5) is 25.5. The molecule has 4 aromatic heterocycles. The molecule has 0 saturated heterocycles. The topological polar surface area (TPSA) is 93.2 Å². The molecule has 0 unspecified atom stereocenters. The van der Waals surface area contributed by atoms with Crippen molar-refractivity contribution in [3.63, 3.8) is 0 Å². The summed E-state index contributed by atoms with van der Waals surface area (Å²) in [6.45, 7) is 5.81. The highest BCUT2D eigenvalue weighted by molar-refractivity contribution is 5.39. The fourth-order valence-corrected chi connectivity index (χ4v) is 2.84. The van der Waals surface area contributed by atoms with E-state index in [9.17, 15) is 4.79 Å². The lowest BCUT2D eigenvalue weighted by Crippen LogP contribution is -2.16. The summed E-state index contributed by atoms with van der Waals surface area (Å²) in [7, 11) is 0. The molecule has 122 valence electrons. The molecule has 4 rings (SSSR count). The zero-order chi connectivity index (χ0) is 16.8. The molecule has 4 aromatic rings. The maximum absolute atomic E-state index is 12.1. The van der Waals surface area contributed by atoms with Crippen molar-refractivity contribution in [3.8, 4) is 0 Å². The second kappa shape index (κ2) is 5.26. The van der Waals surface area contributed by atoms with Gasteiger partial charge in [-0.2, -0.15) is 4.98 Å². The van der Waals surface area contributed by atoms with Crippen LogP contribution in [0.15, 0.2) is 23.0 Å². The van der Waals surface area contributed by atoms with E-state index in [0.29, 0.717) is 30.1 Å². The molecular weight excluding hydrogens is 306 g/mol. The van der Waals surface area contributed by atoms with Crippen molar-refractivity contribution in [2.24, 2.45) is 0 Å². The highest BCUT2D eigenvalue weighted by atomic mass is 16.1. The van der Waals surface area contributed by atoms with E-state index in [2.05, 4.69) is 25.1 Å². The maximum atomic E-state index is 12.1. The summed E-state index contributed by atoms with van der Waals surface area (Å²) >= 11 is 0. The first kappa shape index (κ1) is 14.6. The minimum absolute atomic E-state index is 0.112. The monoisotopic (exact) mass is 323 g/mol. The minimum Gasteiger partial charge on any atom is -0.294 e. The van der Waals surface area contributed by atoms with Crippen molar-refractivity contribution in [1.82, 2.24) is 34.2 Å². The number of aromatic nitrogens is 7. The Labute approximate surface area is 137 Å². The summed E-state index contributed by atoms with van der Waals surface area (Å²) in [6.07, 6.45) is 1.21. The molecule has 24 heavy (non-hydrogen) atoms. The van der Waals surface area contributed by atoms with E-state index in [0.717, 1.165) is 22.8 Å². The van der Waals surface area contributed by atoms with Gasteiger partial charge in [-0.25, -0.2) is 19.0 Å². The SMILES string of the molecule is Cc1cc(C)n2nc(CCc3cc(=O)n4[nH]c(C)cc4n3)nc2n1. The molecule has 0 atom stereocenters. The predicted molar refractivity (Wildman–Crippen MR) is 88.2 cm³/mol. The van der Waals surface area contributed by atoms with Gasteiger partial charge in [0.15, 0.2) is 11.5 Å². The average Bonchev–Trinajstić information content (AvgIpc) is 3.08. The first-order valence-electron chi connectivity index (χ1n) is 7.78. The van der Waals surface area contributed by atoms with Crippen LogP contribution in [0.3, 0.4) is 0 Å². The van der Waals surface area contributed by atoms with E-state index >= 15 is 0 Å². The molecule has 0 radical (unpaired) electrons. The Bertz CT molecular complexity index is 1120. The average molecular weight is 323 g/mol. The van der Waals surface area contributed by atoms with Crippen LogP contribution in [-0.4, -0.2) is 34.2 Å². The summed E-state index contributed by atoms with van der Waals surface area (Å²) in [5.74, 6) is 1.30. The Morgan fingerprint density at radius 2 is 1.88 bits per heavy atom. The first-order valence-corrected chi connectivity index (χ1v) is 7.78. The molecule has 0 bridgehead atoms. The molecule has 0 aromatic carbocycles. The van der Waals surface area contributed by atoms with Gasteiger partial charge in [0.25, 0.3) is 11.3 Å². The van der Waals surface area contributed by atoms with E-state index in [1.807, 2.05) is 32.9 Å². The predicted octanol–water partition coefficient (Wildman–Crippen LogP) is 1.17. The fourth-order valence-electron chi connectivity index (χ4n) is 2.84. The van der Waals surface area contributed by atoms with Crippen LogP contribution in [0.5, 0.6) is 0 Å². The van der Waals surface area contributed by atoms with Crippen molar-refractivity contribution in [2.45, 2.75) is 33.6 Å². The number of nitrogens with one attached hydrogen (secondary N) is 1. The van der Waals surface area contributed by atoms with Crippen LogP contribution in [0.2, 0.25) is 0 Å². The lowest BCUT2D eigenvalue weighted by atomic mass is 10.2. The van der Waals surface area contributed by atoms with Gasteiger partial charge in [-0.1, -0.05) is 0 Å². The van der Waals surface area contributed by atoms with Gasteiger partial charge >= 0.3 is 0 Å². The number of aryl methyl sites for hydroxylation is 5. The number of aromatic amines is 1. The molecule has 1 N–H and O–H groups in total. The molecule has 0 aliphatic heterocycles. The highest BCUT2D eigenvalue weighted by Crippen LogP contribution is 2.08. The molecule has 0 spiro atoms. The largest absolute Gasteiger partial charge is 0.294 e. The minimum atomic E-state index is -0.112. The van der Waals surface area contributed by atoms with Gasteiger partial charge in [0.2, 0.25) is 0 Å². The van der Waals surface area contributed by atoms with Gasteiger partial charge in [-0.05, 0) is 33.3 Å². The van der Waals surface area contributed by atoms with Crippen LogP contribution in [0.25, 0.3) is 11.4 Å². The smallest absolute Gasteiger partial charge is 0.272 e. The highest BCUT2D eigenvalue weighted by Gasteiger charge is 2.10. The zero-order valence-electron chi connectivity index (χ0n) is 13.7. The zero-order valence-corrected chi connectivity index (χ0v) is 13.7. The van der Waals surface area contributed by atoms with Crippen molar-refractivity contribution < 1.29 is 0 Å². The lowest BCUT2D eigenvalue weighted by Gasteiger charge is -1.99. The number of nitrogens with zero attached hydrogens (tertiary/aromatic N) is 6. The third-order valence-electron chi connectivity index (χ3n) is 3.90. The molecule has 0 amide bonds. The van der Waals surface area contributed by atoms with Gasteiger partial charge in [0, 0.05) is 41.3 Å². The molecule has 8 nitrogen and oxygen atoms in total. The van der Waals surface area contributed by atoms with Crippen LogP contribution >= 0.6 is 0 Å². The Morgan fingerprint density at radius 1 is 1.04 bits per heavy atom. The third-order valence-corrected chi connectivity index (χ3v) is 3.90. The number of hydrogen-bond donors (Lipinski definition) is 1. The number of hydrogen-bond acceptors (Lipinski definition) is 5. The lowest BCUT2D eigenvalue weighted by molar-refractivity contribution is 0.796. The maximum Gasteiger partial charge on any atom is 0.272 e. The van der Waals surface area contributed by atoms with Gasteiger partial charge < -0.3 is 0 Å². The van der Waals surface area contributed by atoms with Gasteiger partial charge in [0.05, 0.1) is 0 Å². The molecule has 0 aliphatic rings. The summed E-state index contributed by atoms with van der Waals surface area (Å²) < 4.78 is 3.18. The van der Waals surface area contributed by atoms with Gasteiger partial charge in [-0.15, -0.1) is 5.10 Å². The fraction of sp³-hybridized carbons (Fsp3) is 0.312. The Morgan fingerprint density at radius 3 is 2.71 bits per heavy atom. The molecule has 0 fully saturated rings. The van der Waals surface area contributed by atoms with Gasteiger partial charge in [-0.3, -0.25) is 9.89 Å². The second-order valence-electron chi connectivity index (χ2n) is 6.00. The molecular formula is C16H17N7O. The van der Waals surface area contributed by atoms with Crippen molar-refractivity contribution in [1.29, 1.82) is 0 Å². The van der Waals surface area contributed by atoms with E-state index < -0.39 is 0 Å². The quantitative estimate of drug-likeness (QED) is 0.611. The first-order chi connectivity index (χ1) is 11.5. The molecule has 0 aliphatic carbocycles. The summed E-state index contributed by atoms with van der Waals surface area (Å²) in [5, 5.41) is 7.45. The van der Waals surface area contributed by atoms with Crippen molar-refractivity contribution in [3.05, 3.63) is 57.2 Å². The van der Waals surface area contributed by atoms with Crippen molar-refractivity contribution >= 4 is 11.4 Å². The van der Waals surface area contributed by atoms with Crippen molar-refractivity contribution in [2.75, 3.05) is 0 Å². The van der Waals surface area contributed by atoms with Crippen LogP contribution in [-0.2, 0) is 12.8 Å². The Kier molecular flexibility index (Phi) is 3.19. The van der Waals surface area contributed by atoms with Crippen LogP contribution < -0.4 is 5.56 Å². The third kappa shape index (κ3) is 2.45. The van der Waals surface area contributed by atoms with Crippen LogP contribution in [0, 0.1) is 20.8 Å². The Balaban J connectivity index is 1.63. The van der Waals surface area contributed by atoms with E-state index in [1.165, 1.54) is 4.52 Å². The summed E-state index contributed by atoms with van der Waals surface area (Å²) in [6, 6.07) is 5.37.